The fourth-order valence-electron chi connectivity index (χ4n) is 2.02. The predicted molar refractivity (Wildman–Crippen MR) is 88.5 cm³/mol. The molecule has 0 radical (unpaired) electrons. The second-order valence-electron chi connectivity index (χ2n) is 6.19. The Morgan fingerprint density at radius 1 is 1.28 bits per heavy atom. The lowest BCUT2D eigenvalue weighted by atomic mass is 10.0. The van der Waals surface area contributed by atoms with Crippen LogP contribution in [0.1, 0.15) is 26.3 Å². The van der Waals surface area contributed by atoms with Crippen molar-refractivity contribution in [2.75, 3.05) is 14.2 Å². The van der Waals surface area contributed by atoms with E-state index in [4.69, 9.17) is 9.47 Å². The van der Waals surface area contributed by atoms with Crippen LogP contribution < -0.4 is 10.1 Å². The number of amides is 1. The first kappa shape index (κ1) is 20.2. The summed E-state index contributed by atoms with van der Waals surface area (Å²) in [7, 11) is 2.51. The molecule has 1 aromatic rings. The third kappa shape index (κ3) is 6.28. The molecule has 0 aromatic heterocycles. The minimum absolute atomic E-state index is 0.0558. The van der Waals surface area contributed by atoms with Crippen LogP contribution in [-0.2, 0) is 20.7 Å². The number of ether oxygens (including phenoxy) is 3. The number of benzene rings is 1. The molecule has 1 amide bonds. The monoisotopic (exact) mass is 354 g/mol. The highest BCUT2D eigenvalue weighted by Crippen LogP contribution is 2.28. The molecule has 0 heterocycles. The number of hydrogen-bond acceptors (Lipinski definition) is 7. The van der Waals surface area contributed by atoms with Crippen molar-refractivity contribution in [2.45, 2.75) is 38.8 Å². The standard InChI is InChI=1S/C16H22N2O7/c1-16(2,3)25-15(20)17-11(14(19)24-5)8-10-6-7-12(18(21)22)13(9-10)23-4/h6-7,9,11H,8H2,1-5H3,(H,17,20)/t11-/m0/s1. The molecule has 0 unspecified atom stereocenters. The molecule has 0 saturated carbocycles. The molecular weight excluding hydrogens is 332 g/mol. The second kappa shape index (κ2) is 8.32. The first-order chi connectivity index (χ1) is 11.6. The molecule has 0 spiro atoms. The molecule has 0 saturated heterocycles. The quantitative estimate of drug-likeness (QED) is 0.473. The summed E-state index contributed by atoms with van der Waals surface area (Å²) in [6, 6.07) is 3.18. The maximum absolute atomic E-state index is 11.9. The van der Waals surface area contributed by atoms with Gasteiger partial charge in [0, 0.05) is 12.5 Å². The van der Waals surface area contributed by atoms with E-state index in [1.54, 1.807) is 20.8 Å². The van der Waals surface area contributed by atoms with Crippen LogP contribution in [0.4, 0.5) is 10.5 Å². The minimum atomic E-state index is -1.01. The van der Waals surface area contributed by atoms with E-state index in [-0.39, 0.29) is 17.9 Å². The number of nitro benzene ring substituents is 1. The fourth-order valence-corrected chi connectivity index (χ4v) is 2.02. The van der Waals surface area contributed by atoms with Crippen LogP contribution >= 0.6 is 0 Å². The Morgan fingerprint density at radius 2 is 1.92 bits per heavy atom. The van der Waals surface area contributed by atoms with Crippen molar-refractivity contribution < 1.29 is 28.7 Å². The van der Waals surface area contributed by atoms with Crippen LogP contribution in [0.2, 0.25) is 0 Å². The van der Waals surface area contributed by atoms with E-state index in [0.717, 1.165) is 0 Å². The van der Waals surface area contributed by atoms with Gasteiger partial charge in [-0.2, -0.15) is 0 Å². The van der Waals surface area contributed by atoms with Gasteiger partial charge in [-0.25, -0.2) is 9.59 Å². The average molecular weight is 354 g/mol. The number of alkyl carbamates (subject to hydrolysis) is 1. The van der Waals surface area contributed by atoms with E-state index in [0.29, 0.717) is 5.56 Å². The number of carbonyl (C=O) groups is 2. The Kier molecular flexibility index (Phi) is 6.72. The fraction of sp³-hybridized carbons (Fsp3) is 0.500. The third-order valence-electron chi connectivity index (χ3n) is 3.06. The van der Waals surface area contributed by atoms with Gasteiger partial charge in [0.2, 0.25) is 0 Å². The number of rotatable bonds is 6. The SMILES string of the molecule is COC(=O)[C@H](Cc1ccc([N+](=O)[O-])c(OC)c1)NC(=O)OC(C)(C)C. The first-order valence-corrected chi connectivity index (χ1v) is 7.46. The second-order valence-corrected chi connectivity index (χ2v) is 6.19. The Bertz CT molecular complexity index is 652. The van der Waals surface area contributed by atoms with Gasteiger partial charge in [0.1, 0.15) is 11.6 Å². The predicted octanol–water partition coefficient (Wildman–Crippen LogP) is 2.21. The van der Waals surface area contributed by atoms with E-state index < -0.39 is 28.6 Å². The van der Waals surface area contributed by atoms with E-state index >= 15 is 0 Å². The van der Waals surface area contributed by atoms with Gasteiger partial charge in [-0.3, -0.25) is 10.1 Å². The summed E-state index contributed by atoms with van der Waals surface area (Å²) in [5.74, 6) is -0.605. The molecule has 0 bridgehead atoms. The number of hydrogen-bond donors (Lipinski definition) is 1. The number of nitrogens with one attached hydrogen (secondary N) is 1. The number of nitro groups is 1. The van der Waals surface area contributed by atoms with Crippen molar-refractivity contribution in [1.29, 1.82) is 0 Å². The summed E-state index contributed by atoms with van der Waals surface area (Å²) in [6.07, 6.45) is -0.711. The summed E-state index contributed by atoms with van der Waals surface area (Å²) < 4.78 is 14.8. The third-order valence-corrected chi connectivity index (χ3v) is 3.06. The van der Waals surface area contributed by atoms with Crippen LogP contribution in [0, 0.1) is 10.1 Å². The largest absolute Gasteiger partial charge is 0.490 e. The smallest absolute Gasteiger partial charge is 0.408 e. The van der Waals surface area contributed by atoms with Crippen LogP contribution in [0.15, 0.2) is 18.2 Å². The van der Waals surface area contributed by atoms with Crippen molar-refractivity contribution in [2.24, 2.45) is 0 Å². The van der Waals surface area contributed by atoms with Crippen molar-refractivity contribution >= 4 is 17.7 Å². The molecule has 0 fully saturated rings. The van der Waals surface area contributed by atoms with Crippen LogP contribution in [-0.4, -0.2) is 42.8 Å². The first-order valence-electron chi connectivity index (χ1n) is 7.46. The molecular formula is C16H22N2O7. The highest BCUT2D eigenvalue weighted by atomic mass is 16.6. The van der Waals surface area contributed by atoms with Gasteiger partial charge in [-0.05, 0) is 32.4 Å². The summed E-state index contributed by atoms with van der Waals surface area (Å²) in [6.45, 7) is 5.09. The number of nitrogens with zero attached hydrogens (tertiary/aromatic N) is 1. The van der Waals surface area contributed by atoms with Crippen molar-refractivity contribution in [1.82, 2.24) is 5.32 Å². The van der Waals surface area contributed by atoms with Crippen LogP contribution in [0.25, 0.3) is 0 Å². The molecule has 25 heavy (non-hydrogen) atoms. The summed E-state index contributed by atoms with van der Waals surface area (Å²) in [5.41, 5.74) is -0.365. The van der Waals surface area contributed by atoms with E-state index in [2.05, 4.69) is 10.1 Å². The number of methoxy groups -OCH3 is 2. The normalized spacial score (nSPS) is 12.0. The van der Waals surface area contributed by atoms with Gasteiger partial charge in [0.15, 0.2) is 5.75 Å². The number of carbonyl (C=O) groups excluding carboxylic acids is 2. The van der Waals surface area contributed by atoms with Gasteiger partial charge in [-0.15, -0.1) is 0 Å². The molecule has 0 aliphatic carbocycles. The van der Waals surface area contributed by atoms with E-state index in [9.17, 15) is 19.7 Å². The molecule has 1 rings (SSSR count). The van der Waals surface area contributed by atoms with Gasteiger partial charge in [-0.1, -0.05) is 6.07 Å². The summed E-state index contributed by atoms with van der Waals surface area (Å²) >= 11 is 0. The van der Waals surface area contributed by atoms with Crippen molar-refractivity contribution in [3.8, 4) is 5.75 Å². The molecule has 1 N–H and O–H groups in total. The van der Waals surface area contributed by atoms with Gasteiger partial charge in [0.05, 0.1) is 19.1 Å². The van der Waals surface area contributed by atoms with Gasteiger partial charge < -0.3 is 19.5 Å². The maximum atomic E-state index is 11.9. The number of esters is 1. The zero-order valence-electron chi connectivity index (χ0n) is 14.8. The topological polar surface area (TPSA) is 117 Å². The molecule has 0 aliphatic heterocycles. The molecule has 0 aliphatic rings. The highest BCUT2D eigenvalue weighted by Gasteiger charge is 2.26. The van der Waals surface area contributed by atoms with Crippen molar-refractivity contribution in [3.05, 3.63) is 33.9 Å². The summed E-state index contributed by atoms with van der Waals surface area (Å²) in [5, 5.41) is 13.4. The van der Waals surface area contributed by atoms with E-state index in [1.165, 1.54) is 32.4 Å². The molecule has 1 aromatic carbocycles. The highest BCUT2D eigenvalue weighted by molar-refractivity contribution is 5.81. The minimum Gasteiger partial charge on any atom is -0.490 e. The molecule has 138 valence electrons. The lowest BCUT2D eigenvalue weighted by Gasteiger charge is -2.22. The Morgan fingerprint density at radius 3 is 2.40 bits per heavy atom. The van der Waals surface area contributed by atoms with Crippen LogP contribution in [0.3, 0.4) is 0 Å². The lowest BCUT2D eigenvalue weighted by Crippen LogP contribution is -2.45. The molecule has 9 nitrogen and oxygen atoms in total. The zero-order valence-corrected chi connectivity index (χ0v) is 14.8. The lowest BCUT2D eigenvalue weighted by molar-refractivity contribution is -0.385. The summed E-state index contributed by atoms with van der Waals surface area (Å²) in [4.78, 5) is 34.2. The zero-order chi connectivity index (χ0) is 19.2. The van der Waals surface area contributed by atoms with Gasteiger partial charge >= 0.3 is 17.7 Å². The van der Waals surface area contributed by atoms with E-state index in [1.807, 2.05) is 0 Å². The Labute approximate surface area is 145 Å². The Balaban J connectivity index is 2.97. The van der Waals surface area contributed by atoms with Crippen molar-refractivity contribution in [3.63, 3.8) is 0 Å². The average Bonchev–Trinajstić information content (AvgIpc) is 2.51. The Hall–Kier alpha value is -2.84. The molecule has 9 heteroatoms. The van der Waals surface area contributed by atoms with Crippen LogP contribution in [0.5, 0.6) is 5.75 Å². The van der Waals surface area contributed by atoms with Gasteiger partial charge in [0.25, 0.3) is 0 Å². The maximum Gasteiger partial charge on any atom is 0.408 e. The molecule has 1 atom stereocenters.